The van der Waals surface area contributed by atoms with Crippen LogP contribution in [0.2, 0.25) is 0 Å². The van der Waals surface area contributed by atoms with Crippen LogP contribution in [0.25, 0.3) is 0 Å². The molecule has 0 aromatic heterocycles. The third-order valence-corrected chi connectivity index (χ3v) is 5.08. The molecule has 1 saturated carbocycles. The summed E-state index contributed by atoms with van der Waals surface area (Å²) in [6.45, 7) is 4.67. The Hall–Kier alpha value is -0.560. The number of quaternary nitrogens is 1. The third kappa shape index (κ3) is 1.97. The molecule has 0 aromatic rings. The number of rotatable bonds is 2. The number of nitrogens with zero attached hydrogens (tertiary/aromatic N) is 1. The Bertz CT molecular complexity index is 351. The second-order valence-corrected chi connectivity index (χ2v) is 6.16. The van der Waals surface area contributed by atoms with Gasteiger partial charge in [0.15, 0.2) is 0 Å². The first kappa shape index (κ1) is 13.9. The lowest BCUT2D eigenvalue weighted by atomic mass is 9.67. The van der Waals surface area contributed by atoms with Gasteiger partial charge in [-0.05, 0) is 26.2 Å². The molecule has 1 aliphatic carbocycles. The zero-order valence-electron chi connectivity index (χ0n) is 11.6. The van der Waals surface area contributed by atoms with Gasteiger partial charge >= 0.3 is 0 Å². The molecule has 2 fully saturated rings. The summed E-state index contributed by atoms with van der Waals surface area (Å²) in [6.07, 6.45) is 10.9. The van der Waals surface area contributed by atoms with E-state index in [0.717, 1.165) is 32.1 Å². The van der Waals surface area contributed by atoms with E-state index in [2.05, 4.69) is 12.8 Å². The van der Waals surface area contributed by atoms with E-state index >= 15 is 0 Å². The molecule has 0 amide bonds. The second-order valence-electron chi connectivity index (χ2n) is 6.16. The number of fused-ring (bicyclic) bond motifs is 1. The number of terminal acetylenes is 1. The molecular weight excluding hydrogens is 226 g/mol. The zero-order chi connectivity index (χ0) is 13.4. The maximum Gasteiger partial charge on any atom is 0.139 e. The van der Waals surface area contributed by atoms with E-state index in [4.69, 9.17) is 6.42 Å². The van der Waals surface area contributed by atoms with Crippen molar-refractivity contribution in [3.8, 4) is 12.3 Å². The number of aliphatic hydroxyl groups is 1. The van der Waals surface area contributed by atoms with Crippen LogP contribution in [-0.2, 0) is 0 Å². The number of piperidine rings is 1. The maximum absolute atomic E-state index is 13.2. The Morgan fingerprint density at radius 2 is 2.11 bits per heavy atom. The summed E-state index contributed by atoms with van der Waals surface area (Å²) < 4.78 is -0.134. The minimum Gasteiger partial charge on any atom is -0.632 e. The average Bonchev–Trinajstić information content (AvgIpc) is 2.37. The molecular formula is C15H25NO2. The molecule has 3 heteroatoms. The van der Waals surface area contributed by atoms with E-state index in [9.17, 15) is 10.3 Å². The fraction of sp³-hybridized carbons (Fsp3) is 0.867. The molecule has 0 bridgehead atoms. The van der Waals surface area contributed by atoms with Crippen molar-refractivity contribution in [3.63, 3.8) is 0 Å². The van der Waals surface area contributed by atoms with Crippen LogP contribution in [0.15, 0.2) is 0 Å². The molecule has 0 radical (unpaired) electrons. The van der Waals surface area contributed by atoms with Gasteiger partial charge in [0, 0.05) is 12.8 Å². The maximum atomic E-state index is 13.2. The molecule has 2 rings (SSSR count). The summed E-state index contributed by atoms with van der Waals surface area (Å²) in [7, 11) is 0. The van der Waals surface area contributed by atoms with E-state index in [1.165, 1.54) is 0 Å². The molecule has 0 aromatic carbocycles. The highest BCUT2D eigenvalue weighted by Crippen LogP contribution is 2.47. The van der Waals surface area contributed by atoms with Crippen molar-refractivity contribution < 1.29 is 9.75 Å². The Kier molecular flexibility index (Phi) is 3.73. The number of hydrogen-bond donors (Lipinski definition) is 1. The lowest BCUT2D eigenvalue weighted by molar-refractivity contribution is -0.940. The molecule has 1 saturated heterocycles. The SMILES string of the molecule is C#CC1(O)CC(C)[N+]([O-])(CCC)C2CCCCC21. The van der Waals surface area contributed by atoms with Crippen LogP contribution < -0.4 is 0 Å². The van der Waals surface area contributed by atoms with Crippen molar-refractivity contribution in [2.75, 3.05) is 6.54 Å². The molecule has 1 heterocycles. The predicted molar refractivity (Wildman–Crippen MR) is 72.4 cm³/mol. The fourth-order valence-electron chi connectivity index (χ4n) is 4.18. The van der Waals surface area contributed by atoms with Gasteiger partial charge in [-0.25, -0.2) is 0 Å². The van der Waals surface area contributed by atoms with E-state index in [0.29, 0.717) is 13.0 Å². The van der Waals surface area contributed by atoms with E-state index in [1.807, 2.05) is 6.92 Å². The van der Waals surface area contributed by atoms with Crippen LogP contribution in [0.1, 0.15) is 52.4 Å². The van der Waals surface area contributed by atoms with Crippen molar-refractivity contribution >= 4 is 0 Å². The van der Waals surface area contributed by atoms with Crippen molar-refractivity contribution in [1.29, 1.82) is 0 Å². The Balaban J connectivity index is 2.34. The van der Waals surface area contributed by atoms with Crippen molar-refractivity contribution in [2.45, 2.75) is 70.1 Å². The lowest BCUT2D eigenvalue weighted by Crippen LogP contribution is -2.69. The summed E-state index contributed by atoms with van der Waals surface area (Å²) in [5.41, 5.74) is -1.05. The van der Waals surface area contributed by atoms with Gasteiger partial charge in [-0.3, -0.25) is 0 Å². The van der Waals surface area contributed by atoms with Crippen molar-refractivity contribution in [3.05, 3.63) is 5.21 Å². The van der Waals surface area contributed by atoms with Crippen LogP contribution in [0.3, 0.4) is 0 Å². The molecule has 2 aliphatic rings. The standard InChI is InChI=1S/C15H25NO2/c1-4-10-16(18)12(3)11-15(17,5-2)13-8-6-7-9-14(13)16/h2,12-14,17H,4,6-11H2,1,3H3. The van der Waals surface area contributed by atoms with Crippen LogP contribution in [0.4, 0.5) is 0 Å². The van der Waals surface area contributed by atoms with Crippen molar-refractivity contribution in [1.82, 2.24) is 0 Å². The fourth-order valence-corrected chi connectivity index (χ4v) is 4.18. The topological polar surface area (TPSA) is 43.3 Å². The van der Waals surface area contributed by atoms with Crippen LogP contribution in [-0.4, -0.2) is 34.0 Å². The average molecular weight is 251 g/mol. The van der Waals surface area contributed by atoms with Crippen LogP contribution in [0, 0.1) is 23.5 Å². The molecule has 18 heavy (non-hydrogen) atoms. The van der Waals surface area contributed by atoms with Gasteiger partial charge in [0.05, 0.1) is 24.5 Å². The first-order valence-electron chi connectivity index (χ1n) is 7.26. The molecule has 1 N–H and O–H groups in total. The minimum absolute atomic E-state index is 0.00324. The largest absolute Gasteiger partial charge is 0.632 e. The highest BCUT2D eigenvalue weighted by Gasteiger charge is 2.55. The number of likely N-dealkylation sites (tertiary alicyclic amines) is 1. The summed E-state index contributed by atoms with van der Waals surface area (Å²) in [4.78, 5) is 0. The molecule has 3 nitrogen and oxygen atoms in total. The van der Waals surface area contributed by atoms with Gasteiger partial charge in [-0.15, -0.1) is 6.42 Å². The van der Waals surface area contributed by atoms with Gasteiger partial charge in [0.1, 0.15) is 5.60 Å². The van der Waals surface area contributed by atoms with Gasteiger partial charge in [-0.1, -0.05) is 19.3 Å². The van der Waals surface area contributed by atoms with Gasteiger partial charge in [-0.2, -0.15) is 0 Å². The summed E-state index contributed by atoms with van der Waals surface area (Å²) >= 11 is 0. The van der Waals surface area contributed by atoms with Crippen LogP contribution in [0.5, 0.6) is 0 Å². The smallest absolute Gasteiger partial charge is 0.139 e. The summed E-state index contributed by atoms with van der Waals surface area (Å²) in [6, 6.07) is -0.0890. The lowest BCUT2D eigenvalue weighted by Gasteiger charge is -2.62. The zero-order valence-corrected chi connectivity index (χ0v) is 11.6. The minimum atomic E-state index is -1.05. The number of hydroxylamine groups is 3. The molecule has 1 aliphatic heterocycles. The second kappa shape index (κ2) is 4.85. The Labute approximate surface area is 110 Å². The van der Waals surface area contributed by atoms with Crippen LogP contribution >= 0.6 is 0 Å². The first-order chi connectivity index (χ1) is 8.48. The predicted octanol–water partition coefficient (Wildman–Crippen LogP) is 2.43. The van der Waals surface area contributed by atoms with E-state index in [1.54, 1.807) is 0 Å². The molecule has 102 valence electrons. The van der Waals surface area contributed by atoms with E-state index in [-0.39, 0.29) is 22.6 Å². The highest BCUT2D eigenvalue weighted by molar-refractivity contribution is 5.15. The van der Waals surface area contributed by atoms with Gasteiger partial charge in [0.25, 0.3) is 0 Å². The molecule has 5 atom stereocenters. The van der Waals surface area contributed by atoms with Crippen molar-refractivity contribution in [2.24, 2.45) is 5.92 Å². The summed E-state index contributed by atoms with van der Waals surface area (Å²) in [5.74, 6) is 2.59. The first-order valence-corrected chi connectivity index (χ1v) is 7.26. The molecule has 0 spiro atoms. The normalized spacial score (nSPS) is 48.3. The third-order valence-electron chi connectivity index (χ3n) is 5.08. The monoisotopic (exact) mass is 251 g/mol. The molecule has 5 unspecified atom stereocenters. The van der Waals surface area contributed by atoms with Gasteiger partial charge < -0.3 is 15.0 Å². The Morgan fingerprint density at radius 3 is 2.72 bits per heavy atom. The highest BCUT2D eigenvalue weighted by atomic mass is 16.6. The number of hydrogen-bond acceptors (Lipinski definition) is 2. The summed E-state index contributed by atoms with van der Waals surface area (Å²) in [5, 5.41) is 23.8. The Morgan fingerprint density at radius 1 is 1.44 bits per heavy atom. The quantitative estimate of drug-likeness (QED) is 0.465. The van der Waals surface area contributed by atoms with E-state index < -0.39 is 5.60 Å². The van der Waals surface area contributed by atoms with Gasteiger partial charge in [0.2, 0.25) is 0 Å².